The normalized spacial score (nSPS) is 12.2. The van der Waals surface area contributed by atoms with E-state index in [4.69, 9.17) is 20.5 Å². The molecule has 5 N–H and O–H groups in total. The molecule has 5 aromatic carbocycles. The molecule has 0 aliphatic rings. The number of hydrogen-bond acceptors (Lipinski definition) is 7. The van der Waals surface area contributed by atoms with Crippen LogP contribution in [-0.2, 0) is 9.53 Å². The number of nitrogens with zero attached hydrogens (tertiary/aromatic N) is 1. The Hall–Kier alpha value is -6.27. The van der Waals surface area contributed by atoms with Crippen molar-refractivity contribution >= 4 is 39.8 Å². The lowest BCUT2D eigenvalue weighted by atomic mass is 9.96. The number of amides is 2. The summed E-state index contributed by atoms with van der Waals surface area (Å²) in [5, 5.41) is 26.3. The summed E-state index contributed by atoms with van der Waals surface area (Å²) < 4.78 is 12.3. The van der Waals surface area contributed by atoms with E-state index in [1.54, 1.807) is 103 Å². The second-order valence-corrected chi connectivity index (χ2v) is 9.69. The summed E-state index contributed by atoms with van der Waals surface area (Å²) in [6.07, 6.45) is -0.102. The molecule has 0 aliphatic heterocycles. The van der Waals surface area contributed by atoms with Crippen molar-refractivity contribution in [2.24, 2.45) is 0 Å². The van der Waals surface area contributed by atoms with Crippen molar-refractivity contribution in [3.05, 3.63) is 139 Å². The average molecular weight is 585 g/mol. The molecule has 0 aliphatic carbocycles. The second kappa shape index (κ2) is 13.6. The maximum Gasteiger partial charge on any atom is 0.412 e. The molecule has 0 fully saturated rings. The van der Waals surface area contributed by atoms with Crippen molar-refractivity contribution in [3.63, 3.8) is 0 Å². The number of benzene rings is 5. The van der Waals surface area contributed by atoms with Crippen molar-refractivity contribution in [2.75, 3.05) is 16.4 Å². The predicted molar refractivity (Wildman–Crippen MR) is 169 cm³/mol. The number of nitrogen functional groups attached to an aromatic ring is 1. The molecule has 0 saturated carbocycles. The summed E-state index contributed by atoms with van der Waals surface area (Å²) in [6.45, 7) is 0. The van der Waals surface area contributed by atoms with Crippen molar-refractivity contribution in [3.8, 4) is 17.6 Å². The first-order valence-electron chi connectivity index (χ1n) is 13.6. The van der Waals surface area contributed by atoms with Gasteiger partial charge in [-0.05, 0) is 66.1 Å². The van der Waals surface area contributed by atoms with Crippen molar-refractivity contribution in [1.82, 2.24) is 0 Å². The second-order valence-electron chi connectivity index (χ2n) is 9.69. The van der Waals surface area contributed by atoms with Crippen molar-refractivity contribution < 1.29 is 24.2 Å². The lowest BCUT2D eigenvalue weighted by Crippen LogP contribution is -2.30. The van der Waals surface area contributed by atoms with Crippen molar-refractivity contribution in [1.29, 1.82) is 5.26 Å². The number of ether oxygens (including phenoxy) is 2. The summed E-state index contributed by atoms with van der Waals surface area (Å²) in [5.74, 6) is 0.0565. The molecule has 0 heterocycles. The fourth-order valence-corrected chi connectivity index (χ4v) is 4.58. The van der Waals surface area contributed by atoms with Gasteiger partial charge in [0.25, 0.3) is 0 Å². The van der Waals surface area contributed by atoms with Gasteiger partial charge in [-0.15, -0.1) is 0 Å². The van der Waals surface area contributed by atoms with E-state index in [1.807, 2.05) is 12.1 Å². The highest BCUT2D eigenvalue weighted by Gasteiger charge is 2.30. The SMILES string of the molecule is N#Cc1ccc(NC(=O)O[C@@H](c2ccc(O)c3ccccc23)[C@H](/C=C/C(=O)Nc2ccccc2N)Oc2ccccc2)cc1. The summed E-state index contributed by atoms with van der Waals surface area (Å²) in [6, 6.07) is 34.4. The maximum atomic E-state index is 13.3. The Balaban J connectivity index is 1.53. The minimum atomic E-state index is -1.09. The zero-order valence-electron chi connectivity index (χ0n) is 23.4. The van der Waals surface area contributed by atoms with Gasteiger partial charge in [0.15, 0.2) is 12.2 Å². The van der Waals surface area contributed by atoms with Crippen LogP contribution in [0.2, 0.25) is 0 Å². The number of nitrogens with one attached hydrogen (secondary N) is 2. The number of para-hydroxylation sites is 3. The van der Waals surface area contributed by atoms with Crippen LogP contribution in [0, 0.1) is 11.3 Å². The third kappa shape index (κ3) is 7.13. The first-order valence-corrected chi connectivity index (χ1v) is 13.6. The maximum absolute atomic E-state index is 13.3. The van der Waals surface area contributed by atoms with Crippen LogP contribution in [-0.4, -0.2) is 23.2 Å². The van der Waals surface area contributed by atoms with Crippen LogP contribution in [0.4, 0.5) is 21.9 Å². The highest BCUT2D eigenvalue weighted by Crippen LogP contribution is 2.36. The van der Waals surface area contributed by atoms with Crippen LogP contribution in [0.15, 0.2) is 127 Å². The minimum Gasteiger partial charge on any atom is -0.507 e. The Morgan fingerprint density at radius 2 is 1.50 bits per heavy atom. The number of fused-ring (bicyclic) bond motifs is 1. The molecule has 0 bridgehead atoms. The fraction of sp³-hybridized carbons (Fsp3) is 0.0571. The molecule has 0 aromatic heterocycles. The van der Waals surface area contributed by atoms with E-state index in [0.29, 0.717) is 44.7 Å². The van der Waals surface area contributed by atoms with Crippen LogP contribution in [0.25, 0.3) is 10.8 Å². The first kappa shape index (κ1) is 29.2. The molecular weight excluding hydrogens is 556 g/mol. The molecular formula is C35H28N4O5. The van der Waals surface area contributed by atoms with Crippen LogP contribution in [0.3, 0.4) is 0 Å². The molecule has 5 rings (SSSR count). The van der Waals surface area contributed by atoms with Gasteiger partial charge in [-0.2, -0.15) is 5.26 Å². The van der Waals surface area contributed by atoms with E-state index < -0.39 is 24.2 Å². The lowest BCUT2D eigenvalue weighted by molar-refractivity contribution is -0.112. The number of hydrogen-bond donors (Lipinski definition) is 4. The zero-order chi connectivity index (χ0) is 30.9. The summed E-state index contributed by atoms with van der Waals surface area (Å²) >= 11 is 0. The molecule has 0 spiro atoms. The van der Waals surface area contributed by atoms with Gasteiger partial charge in [0.05, 0.1) is 23.0 Å². The minimum absolute atomic E-state index is 0.0565. The first-order chi connectivity index (χ1) is 21.4. The molecule has 218 valence electrons. The quantitative estimate of drug-likeness (QED) is 0.108. The Kier molecular flexibility index (Phi) is 9.03. The molecule has 44 heavy (non-hydrogen) atoms. The van der Waals surface area contributed by atoms with Gasteiger partial charge in [0.2, 0.25) is 5.91 Å². The van der Waals surface area contributed by atoms with E-state index >= 15 is 0 Å². The largest absolute Gasteiger partial charge is 0.507 e. The number of anilines is 3. The third-order valence-corrected chi connectivity index (χ3v) is 6.71. The summed E-state index contributed by atoms with van der Waals surface area (Å²) in [5.41, 5.74) is 8.23. The summed E-state index contributed by atoms with van der Waals surface area (Å²) in [4.78, 5) is 26.3. The Labute approximate surface area is 253 Å². The Bertz CT molecular complexity index is 1850. The van der Waals surface area contributed by atoms with Crippen LogP contribution in [0.1, 0.15) is 17.2 Å². The molecule has 2 amide bonds. The van der Waals surface area contributed by atoms with Gasteiger partial charge in [0.1, 0.15) is 11.5 Å². The fourth-order valence-electron chi connectivity index (χ4n) is 4.58. The van der Waals surface area contributed by atoms with Crippen molar-refractivity contribution in [2.45, 2.75) is 12.2 Å². The number of aromatic hydroxyl groups is 1. The number of phenols is 1. The predicted octanol–water partition coefficient (Wildman–Crippen LogP) is 6.93. The van der Waals surface area contributed by atoms with Gasteiger partial charge in [-0.1, -0.05) is 60.7 Å². The lowest BCUT2D eigenvalue weighted by Gasteiger charge is -2.27. The topological polar surface area (TPSA) is 147 Å². The van der Waals surface area contributed by atoms with Gasteiger partial charge in [0, 0.05) is 22.7 Å². The molecule has 0 unspecified atom stereocenters. The number of nitriles is 1. The van der Waals surface area contributed by atoms with E-state index in [1.165, 1.54) is 18.2 Å². The van der Waals surface area contributed by atoms with Gasteiger partial charge >= 0.3 is 6.09 Å². The van der Waals surface area contributed by atoms with Gasteiger partial charge < -0.3 is 25.6 Å². The smallest absolute Gasteiger partial charge is 0.412 e. The number of rotatable bonds is 9. The number of phenolic OH excluding ortho intramolecular Hbond substituents is 1. The summed E-state index contributed by atoms with van der Waals surface area (Å²) in [7, 11) is 0. The van der Waals surface area contributed by atoms with E-state index in [9.17, 15) is 14.7 Å². The monoisotopic (exact) mass is 584 g/mol. The van der Waals surface area contributed by atoms with E-state index in [2.05, 4.69) is 10.6 Å². The van der Waals surface area contributed by atoms with Gasteiger partial charge in [-0.25, -0.2) is 4.79 Å². The highest BCUT2D eigenvalue weighted by atomic mass is 16.6. The molecule has 9 nitrogen and oxygen atoms in total. The number of carbonyl (C=O) groups is 2. The highest BCUT2D eigenvalue weighted by molar-refractivity contribution is 6.01. The Morgan fingerprint density at radius 3 is 2.23 bits per heavy atom. The molecule has 0 saturated heterocycles. The third-order valence-electron chi connectivity index (χ3n) is 6.71. The molecule has 9 heteroatoms. The molecule has 0 radical (unpaired) electrons. The Morgan fingerprint density at radius 1 is 0.818 bits per heavy atom. The number of nitrogens with two attached hydrogens (primary N) is 1. The van der Waals surface area contributed by atoms with E-state index in [-0.39, 0.29) is 5.75 Å². The van der Waals surface area contributed by atoms with Crippen LogP contribution in [0.5, 0.6) is 11.5 Å². The van der Waals surface area contributed by atoms with E-state index in [0.717, 1.165) is 0 Å². The van der Waals surface area contributed by atoms with Gasteiger partial charge in [-0.3, -0.25) is 10.1 Å². The molecule has 2 atom stereocenters. The van der Waals surface area contributed by atoms with Crippen LogP contribution >= 0.6 is 0 Å². The zero-order valence-corrected chi connectivity index (χ0v) is 23.4. The number of carbonyl (C=O) groups excluding carboxylic acids is 2. The van der Waals surface area contributed by atoms with Crippen LogP contribution < -0.4 is 21.1 Å². The molecule has 5 aromatic rings. The standard InChI is InChI=1S/C35H28N4O5/c36-22-23-14-16-24(17-15-23)38-35(42)44-34(28-18-19-31(40)27-11-5-4-10-26(27)28)32(43-25-8-2-1-3-9-25)20-21-33(41)39-30-13-7-6-12-29(30)37/h1-21,32,34,40H,37H2,(H,38,42)(H,39,41)/b21-20+/t32-,34-/m0/s1. The average Bonchev–Trinajstić information content (AvgIpc) is 3.04.